The van der Waals surface area contributed by atoms with Crippen LogP contribution < -0.4 is 5.32 Å². The summed E-state index contributed by atoms with van der Waals surface area (Å²) in [6.45, 7) is 1.47. The van der Waals surface area contributed by atoms with Crippen molar-refractivity contribution in [1.82, 2.24) is 9.62 Å². The Morgan fingerprint density at radius 1 is 1.33 bits per heavy atom. The van der Waals surface area contributed by atoms with Crippen LogP contribution in [0.3, 0.4) is 0 Å². The third kappa shape index (κ3) is 3.62. The molecule has 1 aromatic rings. The summed E-state index contributed by atoms with van der Waals surface area (Å²) in [6, 6.07) is 1.18. The minimum absolute atomic E-state index is 0.0728. The fraction of sp³-hybridized carbons (Fsp3) is 0.600. The van der Waals surface area contributed by atoms with Crippen molar-refractivity contribution >= 4 is 21.9 Å². The molecule has 1 aliphatic rings. The van der Waals surface area contributed by atoms with E-state index in [4.69, 9.17) is 9.52 Å². The van der Waals surface area contributed by atoms with Gasteiger partial charge < -0.3 is 14.8 Å². The van der Waals surface area contributed by atoms with Gasteiger partial charge in [0.2, 0.25) is 10.0 Å². The molecule has 1 aliphatic carbocycles. The molecule has 0 aromatic carbocycles. The van der Waals surface area contributed by atoms with E-state index in [1.54, 1.807) is 0 Å². The molecule has 0 bridgehead atoms. The summed E-state index contributed by atoms with van der Waals surface area (Å²) in [5.74, 6) is -1.60. The number of aliphatic carboxylic acids is 1. The number of nitrogens with zero attached hydrogens (tertiary/aromatic N) is 1. The number of hydrogen-bond acceptors (Lipinski definition) is 5. The molecule has 1 heterocycles. The Labute approximate surface area is 140 Å². The molecular weight excluding hydrogens is 336 g/mol. The third-order valence-electron chi connectivity index (χ3n) is 4.28. The van der Waals surface area contributed by atoms with Gasteiger partial charge in [0.15, 0.2) is 5.76 Å². The molecule has 0 aliphatic heterocycles. The number of furan rings is 1. The van der Waals surface area contributed by atoms with Crippen LogP contribution in [-0.4, -0.2) is 49.3 Å². The molecule has 0 saturated heterocycles. The Hall–Kier alpha value is -1.87. The van der Waals surface area contributed by atoms with E-state index in [1.165, 1.54) is 27.1 Å². The number of sulfonamides is 1. The highest BCUT2D eigenvalue weighted by atomic mass is 32.2. The van der Waals surface area contributed by atoms with Crippen LogP contribution in [-0.2, 0) is 14.8 Å². The monoisotopic (exact) mass is 358 g/mol. The van der Waals surface area contributed by atoms with Crippen molar-refractivity contribution in [2.45, 2.75) is 49.5 Å². The van der Waals surface area contributed by atoms with E-state index in [0.29, 0.717) is 12.8 Å². The largest absolute Gasteiger partial charge is 0.481 e. The first-order valence-corrected chi connectivity index (χ1v) is 9.09. The fourth-order valence-electron chi connectivity index (χ4n) is 3.02. The lowest BCUT2D eigenvalue weighted by Crippen LogP contribution is -2.47. The molecule has 1 saturated carbocycles. The van der Waals surface area contributed by atoms with Crippen LogP contribution in [0.15, 0.2) is 15.4 Å². The normalized spacial score (nSPS) is 17.2. The van der Waals surface area contributed by atoms with Gasteiger partial charge in [-0.1, -0.05) is 12.8 Å². The van der Waals surface area contributed by atoms with Gasteiger partial charge in [-0.15, -0.1) is 0 Å². The molecule has 0 spiro atoms. The molecule has 0 radical (unpaired) electrons. The molecule has 24 heavy (non-hydrogen) atoms. The van der Waals surface area contributed by atoms with E-state index < -0.39 is 27.4 Å². The van der Waals surface area contributed by atoms with Crippen molar-refractivity contribution in [2.24, 2.45) is 0 Å². The van der Waals surface area contributed by atoms with Crippen LogP contribution in [0.4, 0.5) is 0 Å². The summed E-state index contributed by atoms with van der Waals surface area (Å²) in [4.78, 5) is 23.5. The van der Waals surface area contributed by atoms with Gasteiger partial charge >= 0.3 is 5.97 Å². The Morgan fingerprint density at radius 2 is 1.92 bits per heavy atom. The lowest BCUT2D eigenvalue weighted by molar-refractivity contribution is -0.138. The first-order chi connectivity index (χ1) is 11.1. The number of amides is 1. The van der Waals surface area contributed by atoms with Crippen molar-refractivity contribution < 1.29 is 27.5 Å². The molecule has 0 atom stereocenters. The van der Waals surface area contributed by atoms with Crippen molar-refractivity contribution in [3.05, 3.63) is 17.6 Å². The van der Waals surface area contributed by atoms with E-state index in [9.17, 15) is 18.0 Å². The number of carbonyl (C=O) groups is 2. The SMILES string of the molecule is Cc1oc(C(=O)NC2(CC(=O)O)CCCC2)cc1S(=O)(=O)N(C)C. The molecule has 8 nitrogen and oxygen atoms in total. The summed E-state index contributed by atoms with van der Waals surface area (Å²) in [5.41, 5.74) is -0.801. The first-order valence-electron chi connectivity index (χ1n) is 7.65. The van der Waals surface area contributed by atoms with Crippen molar-refractivity contribution in [3.63, 3.8) is 0 Å². The van der Waals surface area contributed by atoms with Gasteiger partial charge in [-0.05, 0) is 19.8 Å². The van der Waals surface area contributed by atoms with Crippen LogP contribution in [0.5, 0.6) is 0 Å². The third-order valence-corrected chi connectivity index (χ3v) is 6.21. The minimum atomic E-state index is -3.72. The number of hydrogen-bond donors (Lipinski definition) is 2. The van der Waals surface area contributed by atoms with Crippen molar-refractivity contribution in [2.75, 3.05) is 14.1 Å². The predicted molar refractivity (Wildman–Crippen MR) is 85.2 cm³/mol. The Morgan fingerprint density at radius 3 is 2.42 bits per heavy atom. The maximum atomic E-state index is 12.4. The number of nitrogens with one attached hydrogen (secondary N) is 1. The van der Waals surface area contributed by atoms with Gasteiger partial charge in [-0.3, -0.25) is 9.59 Å². The number of carbonyl (C=O) groups excluding carboxylic acids is 1. The van der Waals surface area contributed by atoms with Gasteiger partial charge in [-0.2, -0.15) is 0 Å². The number of aryl methyl sites for hydroxylation is 1. The summed E-state index contributed by atoms with van der Waals surface area (Å²) in [6.07, 6.45) is 2.67. The Kier molecular flexibility index (Phi) is 5.05. The summed E-state index contributed by atoms with van der Waals surface area (Å²) < 4.78 is 30.7. The van der Waals surface area contributed by atoms with Crippen LogP contribution in [0.2, 0.25) is 0 Å². The average Bonchev–Trinajstić information content (AvgIpc) is 3.05. The van der Waals surface area contributed by atoms with Crippen molar-refractivity contribution in [1.29, 1.82) is 0 Å². The predicted octanol–water partition coefficient (Wildman–Crippen LogP) is 1.36. The topological polar surface area (TPSA) is 117 Å². The van der Waals surface area contributed by atoms with Crippen LogP contribution in [0, 0.1) is 6.92 Å². The molecule has 2 rings (SSSR count). The summed E-state index contributed by atoms with van der Waals surface area (Å²) in [7, 11) is -0.935. The smallest absolute Gasteiger partial charge is 0.305 e. The van der Waals surface area contributed by atoms with Crippen LogP contribution in [0.1, 0.15) is 48.4 Å². The van der Waals surface area contributed by atoms with E-state index in [0.717, 1.165) is 17.1 Å². The highest BCUT2D eigenvalue weighted by Crippen LogP contribution is 2.33. The van der Waals surface area contributed by atoms with Gasteiger partial charge in [0.1, 0.15) is 10.7 Å². The quantitative estimate of drug-likeness (QED) is 0.793. The van der Waals surface area contributed by atoms with E-state index >= 15 is 0 Å². The number of carboxylic acid groups (broad SMARTS) is 1. The molecule has 9 heteroatoms. The van der Waals surface area contributed by atoms with E-state index in [2.05, 4.69) is 5.32 Å². The van der Waals surface area contributed by atoms with Crippen LogP contribution in [0.25, 0.3) is 0 Å². The average molecular weight is 358 g/mol. The standard InChI is InChI=1S/C15H22N2O6S/c1-10-12(24(21,22)17(2)3)8-11(23-10)14(20)16-15(9-13(18)19)6-4-5-7-15/h8H,4-7,9H2,1-3H3,(H,16,20)(H,18,19). The first kappa shape index (κ1) is 18.5. The molecule has 134 valence electrons. The van der Waals surface area contributed by atoms with E-state index in [1.807, 2.05) is 0 Å². The molecule has 2 N–H and O–H groups in total. The maximum Gasteiger partial charge on any atom is 0.305 e. The Balaban J connectivity index is 2.26. The van der Waals surface area contributed by atoms with E-state index in [-0.39, 0.29) is 22.8 Å². The minimum Gasteiger partial charge on any atom is -0.481 e. The number of rotatable bonds is 6. The zero-order valence-electron chi connectivity index (χ0n) is 14.0. The molecule has 1 amide bonds. The zero-order valence-corrected chi connectivity index (χ0v) is 14.8. The van der Waals surface area contributed by atoms with Crippen LogP contribution >= 0.6 is 0 Å². The molecule has 0 unspecified atom stereocenters. The highest BCUT2D eigenvalue weighted by Gasteiger charge is 2.38. The number of carboxylic acids is 1. The highest BCUT2D eigenvalue weighted by molar-refractivity contribution is 7.89. The Bertz CT molecular complexity index is 744. The van der Waals surface area contributed by atoms with Gasteiger partial charge in [0, 0.05) is 20.2 Å². The summed E-state index contributed by atoms with van der Waals surface area (Å²) >= 11 is 0. The lowest BCUT2D eigenvalue weighted by atomic mass is 9.93. The zero-order chi connectivity index (χ0) is 18.1. The fourth-order valence-corrected chi connectivity index (χ4v) is 4.07. The van der Waals surface area contributed by atoms with Gasteiger partial charge in [0.05, 0.1) is 12.0 Å². The molecule has 1 aromatic heterocycles. The molecular formula is C15H22N2O6S. The second-order valence-electron chi connectivity index (χ2n) is 6.33. The second-order valence-corrected chi connectivity index (χ2v) is 8.45. The van der Waals surface area contributed by atoms with Crippen molar-refractivity contribution in [3.8, 4) is 0 Å². The second kappa shape index (κ2) is 6.56. The van der Waals surface area contributed by atoms with Gasteiger partial charge in [-0.25, -0.2) is 12.7 Å². The molecule has 1 fully saturated rings. The lowest BCUT2D eigenvalue weighted by Gasteiger charge is -2.28. The van der Waals surface area contributed by atoms with Gasteiger partial charge in [0.25, 0.3) is 5.91 Å². The summed E-state index contributed by atoms with van der Waals surface area (Å²) in [5, 5.41) is 11.8. The maximum absolute atomic E-state index is 12.4.